The maximum atomic E-state index is 12.0. The van der Waals surface area contributed by atoms with E-state index in [2.05, 4.69) is 30.5 Å². The van der Waals surface area contributed by atoms with Gasteiger partial charge in [-0.25, -0.2) is 4.79 Å². The second kappa shape index (κ2) is 9.06. The highest BCUT2D eigenvalue weighted by molar-refractivity contribution is 7.99. The third kappa shape index (κ3) is 7.71. The van der Waals surface area contributed by atoms with Crippen LogP contribution in [0.15, 0.2) is 24.3 Å². The molecule has 0 aliphatic rings. The van der Waals surface area contributed by atoms with Gasteiger partial charge in [0.1, 0.15) is 0 Å². The molecule has 1 aromatic carbocycles. The first-order valence-corrected chi connectivity index (χ1v) is 8.73. The first kappa shape index (κ1) is 18.8. The molecule has 0 aromatic heterocycles. The lowest BCUT2D eigenvalue weighted by atomic mass is 9.90. The Kier molecular flexibility index (Phi) is 7.76. The summed E-state index contributed by atoms with van der Waals surface area (Å²) in [5.41, 5.74) is 1.90. The van der Waals surface area contributed by atoms with Gasteiger partial charge in [-0.2, -0.15) is 11.8 Å². The number of aliphatic hydroxyl groups is 1. The van der Waals surface area contributed by atoms with Crippen LogP contribution in [0.5, 0.6) is 0 Å². The summed E-state index contributed by atoms with van der Waals surface area (Å²) in [7, 11) is 0. The second-order valence-electron chi connectivity index (χ2n) is 6.51. The molecule has 0 bridgehead atoms. The number of urea groups is 1. The Hall–Kier alpha value is -1.20. The second-order valence-corrected chi connectivity index (χ2v) is 8.07. The minimum Gasteiger partial charge on any atom is -0.396 e. The van der Waals surface area contributed by atoms with Gasteiger partial charge in [0, 0.05) is 24.6 Å². The van der Waals surface area contributed by atoms with Crippen molar-refractivity contribution in [3.05, 3.63) is 29.8 Å². The van der Waals surface area contributed by atoms with Crippen LogP contribution < -0.4 is 10.6 Å². The van der Waals surface area contributed by atoms with Crippen molar-refractivity contribution >= 4 is 23.5 Å². The third-order valence-corrected chi connectivity index (χ3v) is 4.45. The zero-order valence-electron chi connectivity index (χ0n) is 14.0. The Balaban J connectivity index is 2.49. The molecular formula is C17H28N2O2S. The van der Waals surface area contributed by atoms with Crippen molar-refractivity contribution in [2.75, 3.05) is 18.5 Å². The van der Waals surface area contributed by atoms with E-state index >= 15 is 0 Å². The van der Waals surface area contributed by atoms with Gasteiger partial charge in [-0.3, -0.25) is 0 Å². The van der Waals surface area contributed by atoms with Gasteiger partial charge in [-0.05, 0) is 34.8 Å². The molecule has 22 heavy (non-hydrogen) atoms. The maximum Gasteiger partial charge on any atom is 0.319 e. The molecule has 3 N–H and O–H groups in total. The van der Waals surface area contributed by atoms with E-state index in [-0.39, 0.29) is 18.1 Å². The number of aliphatic hydroxyl groups excluding tert-OH is 1. The van der Waals surface area contributed by atoms with Crippen molar-refractivity contribution in [3.8, 4) is 0 Å². The third-order valence-electron chi connectivity index (χ3n) is 3.28. The first-order valence-electron chi connectivity index (χ1n) is 7.69. The zero-order valence-corrected chi connectivity index (χ0v) is 14.8. The van der Waals surface area contributed by atoms with E-state index < -0.39 is 0 Å². The largest absolute Gasteiger partial charge is 0.396 e. The molecule has 0 aliphatic carbocycles. The number of carbonyl (C=O) groups excluding carboxylic acids is 1. The molecule has 0 saturated carbocycles. The summed E-state index contributed by atoms with van der Waals surface area (Å²) in [5, 5.41) is 15.3. The van der Waals surface area contributed by atoms with Gasteiger partial charge in [0.25, 0.3) is 0 Å². The normalized spacial score (nSPS) is 11.5. The molecule has 1 rings (SSSR count). The average Bonchev–Trinajstić information content (AvgIpc) is 2.43. The van der Waals surface area contributed by atoms with E-state index in [0.717, 1.165) is 11.4 Å². The fraction of sp³-hybridized carbons (Fsp3) is 0.588. The number of amides is 2. The number of nitrogens with one attached hydrogen (secondary N) is 2. The van der Waals surface area contributed by atoms with Crippen LogP contribution in [0.1, 0.15) is 39.7 Å². The van der Waals surface area contributed by atoms with Crippen molar-refractivity contribution in [1.82, 2.24) is 5.32 Å². The maximum absolute atomic E-state index is 12.0. The van der Waals surface area contributed by atoms with Gasteiger partial charge in [-0.1, -0.05) is 39.8 Å². The van der Waals surface area contributed by atoms with E-state index in [4.69, 9.17) is 5.11 Å². The number of benzene rings is 1. The average molecular weight is 324 g/mol. The Morgan fingerprint density at radius 2 is 2.09 bits per heavy atom. The Labute approximate surface area is 138 Å². The van der Waals surface area contributed by atoms with Gasteiger partial charge in [-0.15, -0.1) is 0 Å². The highest BCUT2D eigenvalue weighted by Crippen LogP contribution is 2.20. The quantitative estimate of drug-likeness (QED) is 0.680. The molecule has 0 spiro atoms. The fourth-order valence-corrected chi connectivity index (χ4v) is 2.59. The highest BCUT2D eigenvalue weighted by Gasteiger charge is 2.18. The van der Waals surface area contributed by atoms with Crippen molar-refractivity contribution in [2.45, 2.75) is 45.1 Å². The Bertz CT molecular complexity index is 475. The van der Waals surface area contributed by atoms with Crippen LogP contribution in [-0.2, 0) is 5.75 Å². The number of carbonyl (C=O) groups is 1. The number of anilines is 1. The summed E-state index contributed by atoms with van der Waals surface area (Å²) in [5.74, 6) is 0.943. The highest BCUT2D eigenvalue weighted by atomic mass is 32.2. The van der Waals surface area contributed by atoms with Crippen LogP contribution in [-0.4, -0.2) is 29.5 Å². The minimum atomic E-state index is -0.209. The molecule has 0 fully saturated rings. The smallest absolute Gasteiger partial charge is 0.319 e. The van der Waals surface area contributed by atoms with Gasteiger partial charge in [0.2, 0.25) is 0 Å². The first-order chi connectivity index (χ1) is 10.3. The van der Waals surface area contributed by atoms with Crippen molar-refractivity contribution in [2.24, 2.45) is 5.41 Å². The topological polar surface area (TPSA) is 61.4 Å². The van der Waals surface area contributed by atoms with Gasteiger partial charge >= 0.3 is 6.03 Å². The molecule has 4 nitrogen and oxygen atoms in total. The van der Waals surface area contributed by atoms with E-state index in [1.807, 2.05) is 43.8 Å². The molecule has 0 saturated heterocycles. The molecule has 0 heterocycles. The van der Waals surface area contributed by atoms with E-state index in [9.17, 15) is 4.79 Å². The monoisotopic (exact) mass is 324 g/mol. The molecule has 124 valence electrons. The Morgan fingerprint density at radius 1 is 1.36 bits per heavy atom. The minimum absolute atomic E-state index is 0.109. The van der Waals surface area contributed by atoms with Crippen LogP contribution in [0.25, 0.3) is 0 Å². The van der Waals surface area contributed by atoms with E-state index in [0.29, 0.717) is 18.2 Å². The van der Waals surface area contributed by atoms with Crippen LogP contribution in [0.2, 0.25) is 0 Å². The summed E-state index contributed by atoms with van der Waals surface area (Å²) in [6.07, 6.45) is 0.662. The van der Waals surface area contributed by atoms with Gasteiger partial charge in [0.15, 0.2) is 0 Å². The molecule has 0 radical (unpaired) electrons. The lowest BCUT2D eigenvalue weighted by Crippen LogP contribution is -2.37. The molecule has 0 unspecified atom stereocenters. The summed E-state index contributed by atoms with van der Waals surface area (Å²) in [4.78, 5) is 12.0. The van der Waals surface area contributed by atoms with Crippen molar-refractivity contribution < 1.29 is 9.90 Å². The summed E-state index contributed by atoms with van der Waals surface area (Å²) < 4.78 is 0. The van der Waals surface area contributed by atoms with Crippen molar-refractivity contribution in [3.63, 3.8) is 0 Å². The summed E-state index contributed by atoms with van der Waals surface area (Å²) in [6.45, 7) is 9.05. The van der Waals surface area contributed by atoms with Crippen LogP contribution >= 0.6 is 11.8 Å². The predicted molar refractivity (Wildman–Crippen MR) is 95.4 cm³/mol. The molecule has 0 aliphatic heterocycles. The number of thioether (sulfide) groups is 1. The lowest BCUT2D eigenvalue weighted by Gasteiger charge is -2.23. The number of rotatable bonds is 8. The van der Waals surface area contributed by atoms with Crippen LogP contribution in [0.3, 0.4) is 0 Å². The predicted octanol–water partition coefficient (Wildman–Crippen LogP) is 3.86. The summed E-state index contributed by atoms with van der Waals surface area (Å²) in [6, 6.07) is 7.72. The molecule has 5 heteroatoms. The molecule has 2 amide bonds. The number of hydrogen-bond acceptors (Lipinski definition) is 3. The van der Waals surface area contributed by atoms with Gasteiger partial charge in [0.05, 0.1) is 0 Å². The molecule has 1 aromatic rings. The standard InChI is InChI=1S/C17H28N2O2S/c1-13(2)22-11-14-6-5-7-15(10-14)19-16(21)18-12-17(3,4)8-9-20/h5-7,10,13,20H,8-9,11-12H2,1-4H3,(H2,18,19,21). The van der Waals surface area contributed by atoms with Crippen molar-refractivity contribution in [1.29, 1.82) is 0 Å². The molecular weight excluding hydrogens is 296 g/mol. The number of hydrogen-bond donors (Lipinski definition) is 3. The lowest BCUT2D eigenvalue weighted by molar-refractivity contribution is 0.204. The Morgan fingerprint density at radius 3 is 2.73 bits per heavy atom. The van der Waals surface area contributed by atoms with E-state index in [1.54, 1.807) is 0 Å². The van der Waals surface area contributed by atoms with Gasteiger partial charge < -0.3 is 15.7 Å². The van der Waals surface area contributed by atoms with E-state index in [1.165, 1.54) is 5.56 Å². The zero-order chi connectivity index (χ0) is 16.6. The van der Waals surface area contributed by atoms with Crippen LogP contribution in [0, 0.1) is 5.41 Å². The SMILES string of the molecule is CC(C)SCc1cccc(NC(=O)NCC(C)(C)CCO)c1. The fourth-order valence-electron chi connectivity index (χ4n) is 1.89. The summed E-state index contributed by atoms with van der Waals surface area (Å²) >= 11 is 1.88. The van der Waals surface area contributed by atoms with Crippen LogP contribution in [0.4, 0.5) is 10.5 Å². The molecule has 0 atom stereocenters.